The van der Waals surface area contributed by atoms with Gasteiger partial charge in [0.2, 0.25) is 0 Å². The molecule has 0 N–H and O–H groups in total. The maximum absolute atomic E-state index is 9.18. The van der Waals surface area contributed by atoms with Gasteiger partial charge in [0.15, 0.2) is 0 Å². The molecule has 2 radical (unpaired) electrons. The van der Waals surface area contributed by atoms with Gasteiger partial charge in [0, 0.05) is 20.9 Å². The van der Waals surface area contributed by atoms with Crippen LogP contribution in [0.25, 0.3) is 27.5 Å². The quantitative estimate of drug-likeness (QED) is 0.469. The van der Waals surface area contributed by atoms with E-state index in [1.54, 1.807) is 0 Å². The van der Waals surface area contributed by atoms with Gasteiger partial charge >= 0.3 is 0 Å². The Balaban J connectivity index is 2.18. The summed E-state index contributed by atoms with van der Waals surface area (Å²) < 4.78 is 3.19. The van der Waals surface area contributed by atoms with Gasteiger partial charge in [-0.15, -0.1) is 0 Å². The second kappa shape index (κ2) is 5.29. The molecule has 0 aliphatic heterocycles. The van der Waals surface area contributed by atoms with Crippen LogP contribution in [0.5, 0.6) is 0 Å². The highest BCUT2D eigenvalue weighted by Gasteiger charge is 2.12. The Kier molecular flexibility index (Phi) is 3.25. The van der Waals surface area contributed by atoms with Crippen LogP contribution in [0.1, 0.15) is 5.56 Å². The van der Waals surface area contributed by atoms with Gasteiger partial charge in [-0.2, -0.15) is 5.26 Å². The maximum atomic E-state index is 9.18. The molecular weight excluding hydrogens is 347 g/mol. The number of benzene rings is 3. The summed E-state index contributed by atoms with van der Waals surface area (Å²) in [6.45, 7) is 0. The number of nitrogens with zero attached hydrogens (tertiary/aromatic N) is 2. The molecule has 0 amide bonds. The Hall–Kier alpha value is -2.51. The molecule has 0 aliphatic rings. The molecule has 1 heterocycles. The fourth-order valence-corrected chi connectivity index (χ4v) is 3.37. The van der Waals surface area contributed by atoms with E-state index >= 15 is 0 Å². The predicted octanol–water partition coefficient (Wildman–Crippen LogP) is 4.21. The standard InChI is InChI=1S/C19H10BBrN2/c20-13-4-6-18-16(9-13)17-10-14(21)5-7-19(17)23(18)15-3-1-2-12(8-15)11-22/h1-10H. The van der Waals surface area contributed by atoms with E-state index in [0.29, 0.717) is 5.56 Å². The molecule has 106 valence electrons. The predicted molar refractivity (Wildman–Crippen MR) is 98.6 cm³/mol. The van der Waals surface area contributed by atoms with E-state index < -0.39 is 0 Å². The lowest BCUT2D eigenvalue weighted by molar-refractivity contribution is 1.18. The van der Waals surface area contributed by atoms with Crippen molar-refractivity contribution in [3.05, 3.63) is 70.7 Å². The molecular formula is C19H10BBrN2. The van der Waals surface area contributed by atoms with E-state index in [9.17, 15) is 5.26 Å². The number of halogens is 1. The van der Waals surface area contributed by atoms with E-state index in [-0.39, 0.29) is 0 Å². The van der Waals surface area contributed by atoms with E-state index in [2.05, 4.69) is 38.7 Å². The zero-order valence-electron chi connectivity index (χ0n) is 12.1. The van der Waals surface area contributed by atoms with Crippen molar-refractivity contribution in [3.63, 3.8) is 0 Å². The average Bonchev–Trinajstić information content (AvgIpc) is 2.88. The monoisotopic (exact) mass is 356 g/mol. The summed E-state index contributed by atoms with van der Waals surface area (Å²) >= 11 is 3.54. The Morgan fingerprint density at radius 3 is 2.43 bits per heavy atom. The zero-order valence-corrected chi connectivity index (χ0v) is 13.7. The number of hydrogen-bond donors (Lipinski definition) is 0. The summed E-state index contributed by atoms with van der Waals surface area (Å²) in [5.41, 5.74) is 4.51. The van der Waals surface area contributed by atoms with Crippen molar-refractivity contribution in [1.29, 1.82) is 5.26 Å². The third-order valence-electron chi connectivity index (χ3n) is 3.98. The van der Waals surface area contributed by atoms with Gasteiger partial charge < -0.3 is 4.57 Å². The molecule has 4 aromatic rings. The van der Waals surface area contributed by atoms with Crippen molar-refractivity contribution in [2.45, 2.75) is 0 Å². The van der Waals surface area contributed by atoms with Crippen molar-refractivity contribution in [1.82, 2.24) is 4.57 Å². The number of aromatic nitrogens is 1. The third-order valence-corrected chi connectivity index (χ3v) is 4.48. The number of hydrogen-bond acceptors (Lipinski definition) is 1. The molecule has 4 heteroatoms. The Labute approximate surface area is 143 Å². The normalized spacial score (nSPS) is 11.0. The van der Waals surface area contributed by atoms with Crippen LogP contribution in [0, 0.1) is 11.3 Å². The summed E-state index contributed by atoms with van der Waals surface area (Å²) in [5, 5.41) is 11.4. The highest BCUT2D eigenvalue weighted by atomic mass is 79.9. The second-order valence-corrected chi connectivity index (χ2v) is 6.35. The zero-order chi connectivity index (χ0) is 16.0. The average molecular weight is 357 g/mol. The minimum absolute atomic E-state index is 0.644. The van der Waals surface area contributed by atoms with Crippen molar-refractivity contribution in [3.8, 4) is 11.8 Å². The van der Waals surface area contributed by atoms with Crippen LogP contribution < -0.4 is 5.46 Å². The first kappa shape index (κ1) is 14.1. The van der Waals surface area contributed by atoms with Gasteiger partial charge in [0.1, 0.15) is 7.85 Å². The van der Waals surface area contributed by atoms with Crippen molar-refractivity contribution in [2.24, 2.45) is 0 Å². The van der Waals surface area contributed by atoms with Crippen LogP contribution in [-0.2, 0) is 0 Å². The minimum Gasteiger partial charge on any atom is -0.309 e. The van der Waals surface area contributed by atoms with Gasteiger partial charge in [-0.3, -0.25) is 0 Å². The summed E-state index contributed by atoms with van der Waals surface area (Å²) in [5.74, 6) is 0. The van der Waals surface area contributed by atoms with Crippen molar-refractivity contribution in [2.75, 3.05) is 0 Å². The third kappa shape index (κ3) is 2.25. The highest BCUT2D eigenvalue weighted by molar-refractivity contribution is 9.10. The highest BCUT2D eigenvalue weighted by Crippen LogP contribution is 2.33. The molecule has 0 fully saturated rings. The van der Waals surface area contributed by atoms with E-state index in [4.69, 9.17) is 7.85 Å². The van der Waals surface area contributed by atoms with Crippen LogP contribution in [0.15, 0.2) is 65.1 Å². The van der Waals surface area contributed by atoms with Gasteiger partial charge in [-0.25, -0.2) is 0 Å². The van der Waals surface area contributed by atoms with Crippen LogP contribution in [0.2, 0.25) is 0 Å². The number of rotatable bonds is 1. The molecule has 0 aliphatic carbocycles. The fourth-order valence-electron chi connectivity index (χ4n) is 3.01. The maximum Gasteiger partial charge on any atom is 0.113 e. The molecule has 0 atom stereocenters. The molecule has 0 unspecified atom stereocenters. The summed E-state index contributed by atoms with van der Waals surface area (Å²) in [6.07, 6.45) is 0. The first-order chi connectivity index (χ1) is 11.2. The van der Waals surface area contributed by atoms with Crippen molar-refractivity contribution < 1.29 is 0 Å². The molecule has 2 nitrogen and oxygen atoms in total. The summed E-state index contributed by atoms with van der Waals surface area (Å²) in [6, 6.07) is 22.0. The van der Waals surface area contributed by atoms with Crippen LogP contribution in [-0.4, -0.2) is 12.4 Å². The lowest BCUT2D eigenvalue weighted by Crippen LogP contribution is -2.00. The fraction of sp³-hybridized carbons (Fsp3) is 0. The minimum atomic E-state index is 0.644. The first-order valence-corrected chi connectivity index (χ1v) is 7.96. The van der Waals surface area contributed by atoms with E-state index in [1.165, 1.54) is 0 Å². The summed E-state index contributed by atoms with van der Waals surface area (Å²) in [4.78, 5) is 0. The van der Waals surface area contributed by atoms with E-state index in [0.717, 1.165) is 37.4 Å². The number of fused-ring (bicyclic) bond motifs is 3. The van der Waals surface area contributed by atoms with E-state index in [1.807, 2.05) is 48.5 Å². The molecule has 0 saturated carbocycles. The molecule has 23 heavy (non-hydrogen) atoms. The molecule has 0 saturated heterocycles. The van der Waals surface area contributed by atoms with Crippen LogP contribution in [0.4, 0.5) is 0 Å². The Bertz CT molecular complexity index is 1050. The molecule has 0 bridgehead atoms. The topological polar surface area (TPSA) is 28.7 Å². The lowest BCUT2D eigenvalue weighted by Gasteiger charge is -2.08. The largest absolute Gasteiger partial charge is 0.309 e. The lowest BCUT2D eigenvalue weighted by atomic mass is 9.94. The second-order valence-electron chi connectivity index (χ2n) is 5.44. The van der Waals surface area contributed by atoms with Gasteiger partial charge in [-0.05, 0) is 42.5 Å². The Morgan fingerprint density at radius 1 is 0.913 bits per heavy atom. The first-order valence-electron chi connectivity index (χ1n) is 7.17. The van der Waals surface area contributed by atoms with Gasteiger partial charge in [0.25, 0.3) is 0 Å². The SMILES string of the molecule is [B]c1ccc2c(c1)c1cc(Br)ccc1n2-c1cccc(C#N)c1. The molecule has 0 spiro atoms. The summed E-state index contributed by atoms with van der Waals surface area (Å²) in [7, 11) is 5.98. The smallest absolute Gasteiger partial charge is 0.113 e. The van der Waals surface area contributed by atoms with Gasteiger partial charge in [-0.1, -0.05) is 39.6 Å². The molecule has 3 aromatic carbocycles. The number of nitriles is 1. The Morgan fingerprint density at radius 2 is 1.65 bits per heavy atom. The molecule has 1 aromatic heterocycles. The van der Waals surface area contributed by atoms with Crippen LogP contribution >= 0.6 is 15.9 Å². The van der Waals surface area contributed by atoms with Crippen molar-refractivity contribution >= 4 is 51.0 Å². The molecule has 4 rings (SSSR count). The van der Waals surface area contributed by atoms with Crippen LogP contribution in [0.3, 0.4) is 0 Å². The van der Waals surface area contributed by atoms with Gasteiger partial charge in [0.05, 0.1) is 22.7 Å².